The molecule has 28 heavy (non-hydrogen) atoms. The van der Waals surface area contributed by atoms with Crippen LogP contribution < -0.4 is 16.0 Å². The van der Waals surface area contributed by atoms with E-state index in [1.165, 1.54) is 4.90 Å². The molecule has 2 aliphatic rings. The summed E-state index contributed by atoms with van der Waals surface area (Å²) < 4.78 is 40.0. The van der Waals surface area contributed by atoms with Crippen LogP contribution >= 0.6 is 12.4 Å². The number of amides is 4. The normalized spacial score (nSPS) is 21.1. The molecule has 2 rings (SSSR count). The number of piperazine rings is 1. The minimum absolute atomic E-state index is 0. The van der Waals surface area contributed by atoms with Gasteiger partial charge in [0.05, 0.1) is 0 Å². The van der Waals surface area contributed by atoms with Crippen molar-refractivity contribution in [3.63, 3.8) is 0 Å². The van der Waals surface area contributed by atoms with E-state index in [4.69, 9.17) is 0 Å². The number of nitrogens with zero attached hydrogens (tertiary/aromatic N) is 2. The molecule has 4 amide bonds. The number of halogens is 4. The topological polar surface area (TPSA) is 93.8 Å². The molecule has 0 saturated carbocycles. The van der Waals surface area contributed by atoms with Gasteiger partial charge in [-0.2, -0.15) is 13.2 Å². The highest BCUT2D eigenvalue weighted by Crippen LogP contribution is 2.26. The van der Waals surface area contributed by atoms with Crippen LogP contribution in [0.25, 0.3) is 0 Å². The van der Waals surface area contributed by atoms with Crippen molar-refractivity contribution in [1.82, 2.24) is 25.8 Å². The SMILES string of the molecule is CCC1(CC)NC(=O)N(CC(=O)NCC(N2CCNCC2)C(F)(F)F)C1=O.Cl. The van der Waals surface area contributed by atoms with E-state index in [0.717, 1.165) is 4.90 Å². The fraction of sp³-hybridized carbons (Fsp3) is 0.812. The van der Waals surface area contributed by atoms with E-state index in [1.54, 1.807) is 13.8 Å². The van der Waals surface area contributed by atoms with Crippen LogP contribution in [0.2, 0.25) is 0 Å². The van der Waals surface area contributed by atoms with E-state index in [-0.39, 0.29) is 25.5 Å². The van der Waals surface area contributed by atoms with Crippen molar-refractivity contribution in [1.29, 1.82) is 0 Å². The number of hydrogen-bond acceptors (Lipinski definition) is 5. The molecule has 0 aromatic heterocycles. The summed E-state index contributed by atoms with van der Waals surface area (Å²) >= 11 is 0. The molecular formula is C16H27ClF3N5O3. The number of carbonyl (C=O) groups excluding carboxylic acids is 3. The Bertz CT molecular complexity index is 580. The van der Waals surface area contributed by atoms with Crippen LogP contribution in [0.1, 0.15) is 26.7 Å². The van der Waals surface area contributed by atoms with E-state index < -0.39 is 48.7 Å². The number of nitrogens with one attached hydrogen (secondary N) is 3. The molecule has 8 nitrogen and oxygen atoms in total. The Morgan fingerprint density at radius 2 is 1.79 bits per heavy atom. The molecule has 1 unspecified atom stereocenters. The van der Waals surface area contributed by atoms with Crippen molar-refractivity contribution in [2.75, 3.05) is 39.3 Å². The smallest absolute Gasteiger partial charge is 0.353 e. The molecule has 2 fully saturated rings. The highest BCUT2D eigenvalue weighted by Gasteiger charge is 2.49. The Kier molecular flexibility index (Phi) is 8.51. The Morgan fingerprint density at radius 1 is 1.21 bits per heavy atom. The molecular weight excluding hydrogens is 403 g/mol. The number of alkyl halides is 3. The Labute approximate surface area is 168 Å². The van der Waals surface area contributed by atoms with Gasteiger partial charge in [0, 0.05) is 32.7 Å². The number of urea groups is 1. The van der Waals surface area contributed by atoms with Crippen molar-refractivity contribution in [3.05, 3.63) is 0 Å². The lowest BCUT2D eigenvalue weighted by atomic mass is 9.93. The predicted molar refractivity (Wildman–Crippen MR) is 98.1 cm³/mol. The summed E-state index contributed by atoms with van der Waals surface area (Å²) in [5.74, 6) is -1.33. The zero-order valence-electron chi connectivity index (χ0n) is 15.9. The van der Waals surface area contributed by atoms with Crippen molar-refractivity contribution in [3.8, 4) is 0 Å². The third kappa shape index (κ3) is 5.26. The molecule has 0 radical (unpaired) electrons. The first-order valence-electron chi connectivity index (χ1n) is 9.07. The first-order valence-corrected chi connectivity index (χ1v) is 9.07. The van der Waals surface area contributed by atoms with Gasteiger partial charge in [-0.3, -0.25) is 19.4 Å². The third-order valence-electron chi connectivity index (χ3n) is 5.22. The van der Waals surface area contributed by atoms with Crippen LogP contribution in [0, 0.1) is 0 Å². The Hall–Kier alpha value is -1.59. The first kappa shape index (κ1) is 24.4. The monoisotopic (exact) mass is 429 g/mol. The highest BCUT2D eigenvalue weighted by atomic mass is 35.5. The highest BCUT2D eigenvalue weighted by molar-refractivity contribution is 6.08. The van der Waals surface area contributed by atoms with Crippen molar-refractivity contribution in [2.24, 2.45) is 0 Å². The Morgan fingerprint density at radius 3 is 2.25 bits per heavy atom. The summed E-state index contributed by atoms with van der Waals surface area (Å²) in [5.41, 5.74) is -1.05. The third-order valence-corrected chi connectivity index (χ3v) is 5.22. The molecule has 12 heteroatoms. The molecule has 0 spiro atoms. The number of hydrogen-bond donors (Lipinski definition) is 3. The molecule has 2 saturated heterocycles. The molecule has 0 aromatic rings. The molecule has 2 aliphatic heterocycles. The second-order valence-corrected chi connectivity index (χ2v) is 6.76. The van der Waals surface area contributed by atoms with Crippen LogP contribution in [0.15, 0.2) is 0 Å². The number of rotatable bonds is 7. The van der Waals surface area contributed by atoms with Crippen LogP contribution in [0.5, 0.6) is 0 Å². The maximum atomic E-state index is 13.3. The Balaban J connectivity index is 0.00000392. The number of carbonyl (C=O) groups is 3. The maximum Gasteiger partial charge on any atom is 0.405 e. The van der Waals surface area contributed by atoms with Crippen molar-refractivity contribution >= 4 is 30.3 Å². The molecule has 0 aliphatic carbocycles. The second-order valence-electron chi connectivity index (χ2n) is 6.76. The van der Waals surface area contributed by atoms with Gasteiger partial charge in [-0.1, -0.05) is 13.8 Å². The van der Waals surface area contributed by atoms with E-state index in [1.807, 2.05) is 0 Å². The van der Waals surface area contributed by atoms with E-state index in [0.29, 0.717) is 25.9 Å². The van der Waals surface area contributed by atoms with Gasteiger partial charge in [0.25, 0.3) is 5.91 Å². The molecule has 1 atom stereocenters. The summed E-state index contributed by atoms with van der Waals surface area (Å²) in [4.78, 5) is 38.6. The van der Waals surface area contributed by atoms with Gasteiger partial charge in [0.1, 0.15) is 18.1 Å². The summed E-state index contributed by atoms with van der Waals surface area (Å²) in [6.45, 7) is 3.60. The largest absolute Gasteiger partial charge is 0.405 e. The lowest BCUT2D eigenvalue weighted by molar-refractivity contribution is -0.184. The number of imide groups is 1. The zero-order valence-corrected chi connectivity index (χ0v) is 16.7. The van der Waals surface area contributed by atoms with Crippen LogP contribution in [0.4, 0.5) is 18.0 Å². The lowest BCUT2D eigenvalue weighted by Gasteiger charge is -2.36. The van der Waals surface area contributed by atoms with E-state index in [2.05, 4.69) is 16.0 Å². The quantitative estimate of drug-likeness (QED) is 0.512. The zero-order chi connectivity index (χ0) is 20.2. The van der Waals surface area contributed by atoms with E-state index >= 15 is 0 Å². The van der Waals surface area contributed by atoms with Gasteiger partial charge in [-0.05, 0) is 12.8 Å². The summed E-state index contributed by atoms with van der Waals surface area (Å²) in [6.07, 6.45) is -3.76. The second kappa shape index (κ2) is 9.75. The van der Waals surface area contributed by atoms with E-state index in [9.17, 15) is 27.6 Å². The van der Waals surface area contributed by atoms with Crippen LogP contribution in [0.3, 0.4) is 0 Å². The van der Waals surface area contributed by atoms with Crippen molar-refractivity contribution < 1.29 is 27.6 Å². The van der Waals surface area contributed by atoms with Gasteiger partial charge >= 0.3 is 12.2 Å². The summed E-state index contributed by atoms with van der Waals surface area (Å²) in [6, 6.07) is -2.51. The van der Waals surface area contributed by atoms with Gasteiger partial charge in [-0.25, -0.2) is 4.79 Å². The van der Waals surface area contributed by atoms with Crippen LogP contribution in [-0.4, -0.2) is 84.7 Å². The summed E-state index contributed by atoms with van der Waals surface area (Å²) in [7, 11) is 0. The lowest BCUT2D eigenvalue weighted by Crippen LogP contribution is -2.58. The van der Waals surface area contributed by atoms with Crippen LogP contribution in [-0.2, 0) is 9.59 Å². The standard InChI is InChI=1S/C16H26F3N5O3.ClH/c1-3-15(4-2)13(26)24(14(27)22-15)10-12(25)21-9-11(16(17,18)19)23-7-5-20-6-8-23;/h11,20H,3-10H2,1-2H3,(H,21,25)(H,22,27);1H. The maximum absolute atomic E-state index is 13.3. The molecule has 3 N–H and O–H groups in total. The fourth-order valence-electron chi connectivity index (χ4n) is 3.40. The molecule has 162 valence electrons. The summed E-state index contributed by atoms with van der Waals surface area (Å²) in [5, 5.41) is 7.78. The fourth-order valence-corrected chi connectivity index (χ4v) is 3.40. The predicted octanol–water partition coefficient (Wildman–Crippen LogP) is 0.471. The van der Waals surface area contributed by atoms with Gasteiger partial charge in [0.15, 0.2) is 0 Å². The average molecular weight is 430 g/mol. The molecule has 0 bridgehead atoms. The molecule has 2 heterocycles. The van der Waals surface area contributed by atoms with Gasteiger partial charge in [0.2, 0.25) is 5.91 Å². The first-order chi connectivity index (χ1) is 12.6. The minimum Gasteiger partial charge on any atom is -0.353 e. The van der Waals surface area contributed by atoms with Crippen molar-refractivity contribution in [2.45, 2.75) is 44.4 Å². The van der Waals surface area contributed by atoms with Gasteiger partial charge < -0.3 is 16.0 Å². The minimum atomic E-state index is -4.50. The van der Waals surface area contributed by atoms with Gasteiger partial charge in [-0.15, -0.1) is 12.4 Å². The average Bonchev–Trinajstić information content (AvgIpc) is 2.86. The molecule has 0 aromatic carbocycles.